The predicted molar refractivity (Wildman–Crippen MR) is 76.8 cm³/mol. The highest BCUT2D eigenvalue weighted by atomic mass is 79.9. The monoisotopic (exact) mass is 313 g/mol. The Morgan fingerprint density at radius 2 is 2.17 bits per heavy atom. The third-order valence-electron chi connectivity index (χ3n) is 3.61. The van der Waals surface area contributed by atoms with E-state index in [0.29, 0.717) is 6.04 Å². The van der Waals surface area contributed by atoms with E-state index in [4.69, 9.17) is 5.11 Å². The Kier molecular flexibility index (Phi) is 5.03. The minimum atomic E-state index is 0.0643. The minimum Gasteiger partial charge on any atom is -0.396 e. The van der Waals surface area contributed by atoms with Gasteiger partial charge in [0.1, 0.15) is 0 Å². The highest BCUT2D eigenvalue weighted by molar-refractivity contribution is 9.10. The Morgan fingerprint density at radius 3 is 2.83 bits per heavy atom. The lowest BCUT2D eigenvalue weighted by molar-refractivity contribution is 0.279. The summed E-state index contributed by atoms with van der Waals surface area (Å²) in [6, 6.07) is 6.68. The second-order valence-electron chi connectivity index (χ2n) is 4.79. The quantitative estimate of drug-likeness (QED) is 0.878. The van der Waals surface area contributed by atoms with Crippen LogP contribution in [0.2, 0.25) is 0 Å². The van der Waals surface area contributed by atoms with Crippen molar-refractivity contribution >= 4 is 21.6 Å². The Balaban J connectivity index is 2.12. The van der Waals surface area contributed by atoms with Gasteiger partial charge in [0.25, 0.3) is 0 Å². The third kappa shape index (κ3) is 3.05. The third-order valence-corrected chi connectivity index (χ3v) is 4.35. The fraction of sp³-hybridized carbons (Fsp3) is 0.571. The molecule has 1 atom stereocenters. The number of halogens is 1. The van der Waals surface area contributed by atoms with Crippen LogP contribution in [0.25, 0.3) is 0 Å². The highest BCUT2D eigenvalue weighted by Gasteiger charge is 2.24. The van der Waals surface area contributed by atoms with Crippen LogP contribution in [0.4, 0.5) is 5.69 Å². The van der Waals surface area contributed by atoms with Crippen molar-refractivity contribution in [2.24, 2.45) is 0 Å². The average molecular weight is 314 g/mol. The molecule has 18 heavy (non-hydrogen) atoms. The van der Waals surface area contributed by atoms with E-state index in [-0.39, 0.29) is 13.2 Å². The smallest absolute Gasteiger partial charge is 0.0692 e. The van der Waals surface area contributed by atoms with Crippen molar-refractivity contribution in [3.8, 4) is 0 Å². The van der Waals surface area contributed by atoms with Crippen LogP contribution >= 0.6 is 15.9 Å². The SMILES string of the molecule is OCCCC1CCCN1c1ccc(CO)c(Br)c1. The first-order chi connectivity index (χ1) is 8.76. The van der Waals surface area contributed by atoms with Crippen molar-refractivity contribution in [3.05, 3.63) is 28.2 Å². The number of hydrogen-bond donors (Lipinski definition) is 2. The molecule has 1 saturated heterocycles. The first kappa shape index (κ1) is 13.8. The molecule has 0 saturated carbocycles. The Labute approximate surface area is 117 Å². The predicted octanol–water partition coefficient (Wildman–Crippen LogP) is 2.68. The van der Waals surface area contributed by atoms with Crippen LogP contribution in [0, 0.1) is 0 Å². The molecule has 1 aromatic carbocycles. The molecule has 3 nitrogen and oxygen atoms in total. The van der Waals surface area contributed by atoms with Crippen LogP contribution in [0.15, 0.2) is 22.7 Å². The van der Waals surface area contributed by atoms with Crippen molar-refractivity contribution in [2.45, 2.75) is 38.3 Å². The fourth-order valence-electron chi connectivity index (χ4n) is 2.65. The number of anilines is 1. The molecule has 2 rings (SSSR count). The van der Waals surface area contributed by atoms with Gasteiger partial charge in [0, 0.05) is 29.4 Å². The first-order valence-electron chi connectivity index (χ1n) is 6.53. The Bertz CT molecular complexity index is 397. The summed E-state index contributed by atoms with van der Waals surface area (Å²) in [6.07, 6.45) is 4.35. The van der Waals surface area contributed by atoms with E-state index in [1.807, 2.05) is 6.07 Å². The summed E-state index contributed by atoms with van der Waals surface area (Å²) in [5.74, 6) is 0. The maximum absolute atomic E-state index is 9.17. The van der Waals surface area contributed by atoms with Crippen LogP contribution in [-0.4, -0.2) is 29.4 Å². The zero-order valence-corrected chi connectivity index (χ0v) is 12.1. The molecular formula is C14H20BrNO2. The van der Waals surface area contributed by atoms with Gasteiger partial charge in [0.15, 0.2) is 0 Å². The molecular weight excluding hydrogens is 294 g/mol. The fourth-order valence-corrected chi connectivity index (χ4v) is 3.14. The second kappa shape index (κ2) is 6.55. The summed E-state index contributed by atoms with van der Waals surface area (Å²) < 4.78 is 0.968. The van der Waals surface area contributed by atoms with Gasteiger partial charge in [-0.05, 0) is 43.4 Å². The van der Waals surface area contributed by atoms with Gasteiger partial charge in [0.2, 0.25) is 0 Å². The molecule has 1 fully saturated rings. The number of aliphatic hydroxyl groups excluding tert-OH is 2. The molecule has 0 aromatic heterocycles. The van der Waals surface area contributed by atoms with E-state index in [2.05, 4.69) is 33.0 Å². The van der Waals surface area contributed by atoms with E-state index in [1.54, 1.807) is 0 Å². The van der Waals surface area contributed by atoms with Crippen molar-refractivity contribution < 1.29 is 10.2 Å². The maximum atomic E-state index is 9.17. The molecule has 0 amide bonds. The lowest BCUT2D eigenvalue weighted by atomic mass is 10.1. The normalized spacial score (nSPS) is 19.5. The van der Waals surface area contributed by atoms with Gasteiger partial charge in [-0.15, -0.1) is 0 Å². The topological polar surface area (TPSA) is 43.7 Å². The van der Waals surface area contributed by atoms with Gasteiger partial charge in [-0.1, -0.05) is 22.0 Å². The first-order valence-corrected chi connectivity index (χ1v) is 7.32. The summed E-state index contributed by atoms with van der Waals surface area (Å²) in [7, 11) is 0. The highest BCUT2D eigenvalue weighted by Crippen LogP contribution is 2.31. The van der Waals surface area contributed by atoms with E-state index in [9.17, 15) is 5.11 Å². The number of hydrogen-bond acceptors (Lipinski definition) is 3. The van der Waals surface area contributed by atoms with Crippen LogP contribution in [0.5, 0.6) is 0 Å². The van der Waals surface area contributed by atoms with Crippen LogP contribution in [0.3, 0.4) is 0 Å². The molecule has 100 valence electrons. The molecule has 0 bridgehead atoms. The molecule has 1 aliphatic heterocycles. The zero-order chi connectivity index (χ0) is 13.0. The van der Waals surface area contributed by atoms with Gasteiger partial charge >= 0.3 is 0 Å². The van der Waals surface area contributed by atoms with E-state index in [1.165, 1.54) is 18.5 Å². The second-order valence-corrected chi connectivity index (χ2v) is 5.64. The molecule has 0 spiro atoms. The lowest BCUT2D eigenvalue weighted by Crippen LogP contribution is -2.29. The molecule has 1 heterocycles. The maximum Gasteiger partial charge on any atom is 0.0692 e. The van der Waals surface area contributed by atoms with Gasteiger partial charge in [-0.2, -0.15) is 0 Å². The van der Waals surface area contributed by atoms with Crippen LogP contribution in [0.1, 0.15) is 31.2 Å². The van der Waals surface area contributed by atoms with Crippen LogP contribution in [-0.2, 0) is 6.61 Å². The summed E-state index contributed by atoms with van der Waals surface area (Å²) in [6.45, 7) is 1.42. The van der Waals surface area contributed by atoms with E-state index >= 15 is 0 Å². The van der Waals surface area contributed by atoms with Crippen molar-refractivity contribution in [1.82, 2.24) is 0 Å². The number of nitrogens with zero attached hydrogens (tertiary/aromatic N) is 1. The largest absolute Gasteiger partial charge is 0.396 e. The number of rotatable bonds is 5. The number of aliphatic hydroxyl groups is 2. The van der Waals surface area contributed by atoms with Crippen molar-refractivity contribution in [1.29, 1.82) is 0 Å². The molecule has 1 aromatic rings. The summed E-state index contributed by atoms with van der Waals surface area (Å²) in [5.41, 5.74) is 2.13. The molecule has 2 N–H and O–H groups in total. The average Bonchev–Trinajstić information content (AvgIpc) is 2.84. The zero-order valence-electron chi connectivity index (χ0n) is 10.5. The molecule has 0 aliphatic carbocycles. The Hall–Kier alpha value is -0.580. The standard InChI is InChI=1S/C14H20BrNO2/c15-14-9-13(6-5-11(14)10-18)16-7-1-3-12(16)4-2-8-17/h5-6,9,12,17-18H,1-4,7-8,10H2. The van der Waals surface area contributed by atoms with Crippen molar-refractivity contribution in [3.63, 3.8) is 0 Å². The molecule has 4 heteroatoms. The number of benzene rings is 1. The Morgan fingerprint density at radius 1 is 1.33 bits per heavy atom. The van der Waals surface area contributed by atoms with Gasteiger partial charge in [-0.25, -0.2) is 0 Å². The van der Waals surface area contributed by atoms with Crippen molar-refractivity contribution in [2.75, 3.05) is 18.1 Å². The minimum absolute atomic E-state index is 0.0643. The van der Waals surface area contributed by atoms with Gasteiger partial charge in [-0.3, -0.25) is 0 Å². The summed E-state index contributed by atoms with van der Waals surface area (Å²) >= 11 is 3.50. The summed E-state index contributed by atoms with van der Waals surface area (Å²) in [5, 5.41) is 18.1. The van der Waals surface area contributed by atoms with Gasteiger partial charge < -0.3 is 15.1 Å². The van der Waals surface area contributed by atoms with Crippen LogP contribution < -0.4 is 4.90 Å². The summed E-state index contributed by atoms with van der Waals surface area (Å²) in [4.78, 5) is 2.42. The van der Waals surface area contributed by atoms with E-state index in [0.717, 1.165) is 29.4 Å². The molecule has 1 unspecified atom stereocenters. The van der Waals surface area contributed by atoms with Gasteiger partial charge in [0.05, 0.1) is 6.61 Å². The lowest BCUT2D eigenvalue weighted by Gasteiger charge is -2.27. The van der Waals surface area contributed by atoms with E-state index < -0.39 is 0 Å². The molecule has 1 aliphatic rings. The molecule has 0 radical (unpaired) electrons.